The second-order valence-electron chi connectivity index (χ2n) is 8.71. The van der Waals surface area contributed by atoms with Crippen LogP contribution in [0.2, 0.25) is 0 Å². The number of halogens is 1. The molecule has 1 atom stereocenters. The molecule has 0 aromatic heterocycles. The fourth-order valence-corrected chi connectivity index (χ4v) is 5.23. The molecule has 1 N–H and O–H groups in total. The first-order valence-electron chi connectivity index (χ1n) is 12.0. The van der Waals surface area contributed by atoms with E-state index in [1.54, 1.807) is 30.3 Å². The van der Waals surface area contributed by atoms with Crippen LogP contribution >= 0.6 is 0 Å². The number of hydrogen-bond donors (Lipinski definition) is 1. The molecule has 0 saturated heterocycles. The summed E-state index contributed by atoms with van der Waals surface area (Å²) in [5.74, 6) is -1.00. The van der Waals surface area contributed by atoms with Crippen LogP contribution in [0.3, 0.4) is 0 Å². The minimum Gasteiger partial charge on any atom is -0.357 e. The SMILES string of the molecule is CNC(=O)C(Cc1ccccc1)N(Cc1ccc(F)cc1)C(=O)CCCN(C)S(=O)(=O)c1ccccc1. The summed E-state index contributed by atoms with van der Waals surface area (Å²) < 4.78 is 40.3. The average Bonchev–Trinajstić information content (AvgIpc) is 2.92. The zero-order valence-corrected chi connectivity index (χ0v) is 21.8. The Labute approximate surface area is 218 Å². The first-order valence-corrected chi connectivity index (χ1v) is 13.5. The van der Waals surface area contributed by atoms with Gasteiger partial charge >= 0.3 is 0 Å². The molecule has 37 heavy (non-hydrogen) atoms. The van der Waals surface area contributed by atoms with Gasteiger partial charge in [0.1, 0.15) is 11.9 Å². The summed E-state index contributed by atoms with van der Waals surface area (Å²) in [6, 6.07) is 22.5. The van der Waals surface area contributed by atoms with E-state index in [1.165, 1.54) is 47.6 Å². The largest absolute Gasteiger partial charge is 0.357 e. The first-order chi connectivity index (χ1) is 17.7. The van der Waals surface area contributed by atoms with Crippen molar-refractivity contribution < 1.29 is 22.4 Å². The highest BCUT2D eigenvalue weighted by molar-refractivity contribution is 7.89. The van der Waals surface area contributed by atoms with Gasteiger partial charge in [0.2, 0.25) is 21.8 Å². The lowest BCUT2D eigenvalue weighted by Gasteiger charge is -2.31. The molecule has 0 radical (unpaired) electrons. The molecule has 1 unspecified atom stereocenters. The van der Waals surface area contributed by atoms with Crippen LogP contribution in [-0.2, 0) is 32.6 Å². The van der Waals surface area contributed by atoms with E-state index >= 15 is 0 Å². The maximum Gasteiger partial charge on any atom is 0.242 e. The predicted molar refractivity (Wildman–Crippen MR) is 140 cm³/mol. The van der Waals surface area contributed by atoms with Crippen LogP contribution in [0.5, 0.6) is 0 Å². The molecule has 3 aromatic rings. The topological polar surface area (TPSA) is 86.8 Å². The molecular formula is C28H32FN3O4S. The van der Waals surface area contributed by atoms with Crippen molar-refractivity contribution in [3.63, 3.8) is 0 Å². The molecule has 0 bridgehead atoms. The standard InChI is InChI=1S/C28H32FN3O4S/c1-30-28(34)26(20-22-10-5-3-6-11-22)32(21-23-15-17-24(29)18-16-23)27(33)14-9-19-31(2)37(35,36)25-12-7-4-8-13-25/h3-8,10-13,15-18,26H,9,14,19-21H2,1-2H3,(H,30,34). The van der Waals surface area contributed by atoms with Crippen molar-refractivity contribution in [2.24, 2.45) is 0 Å². The number of carbonyl (C=O) groups excluding carboxylic acids is 2. The Morgan fingerprint density at radius 3 is 2.08 bits per heavy atom. The number of likely N-dealkylation sites (N-methyl/N-ethyl adjacent to an activating group) is 1. The highest BCUT2D eigenvalue weighted by Gasteiger charge is 2.30. The highest BCUT2D eigenvalue weighted by atomic mass is 32.2. The van der Waals surface area contributed by atoms with Crippen LogP contribution in [0.15, 0.2) is 89.8 Å². The Morgan fingerprint density at radius 1 is 0.892 bits per heavy atom. The summed E-state index contributed by atoms with van der Waals surface area (Å²) in [7, 11) is -0.679. The Kier molecular flexibility index (Phi) is 9.93. The Hall–Kier alpha value is -3.56. The van der Waals surface area contributed by atoms with Crippen molar-refractivity contribution in [3.8, 4) is 0 Å². The van der Waals surface area contributed by atoms with Crippen molar-refractivity contribution in [2.45, 2.75) is 36.7 Å². The van der Waals surface area contributed by atoms with Crippen molar-refractivity contribution in [3.05, 3.63) is 102 Å². The quantitative estimate of drug-likeness (QED) is 0.391. The third kappa shape index (κ3) is 7.71. The van der Waals surface area contributed by atoms with Gasteiger partial charge in [0.15, 0.2) is 0 Å². The number of hydrogen-bond acceptors (Lipinski definition) is 4. The van der Waals surface area contributed by atoms with Gasteiger partial charge in [-0.25, -0.2) is 17.1 Å². The van der Waals surface area contributed by atoms with Gasteiger partial charge in [0, 0.05) is 40.0 Å². The van der Waals surface area contributed by atoms with Crippen LogP contribution in [-0.4, -0.2) is 56.1 Å². The minimum atomic E-state index is -3.68. The van der Waals surface area contributed by atoms with Crippen LogP contribution in [0, 0.1) is 5.82 Å². The van der Waals surface area contributed by atoms with Crippen molar-refractivity contribution in [2.75, 3.05) is 20.6 Å². The molecule has 0 aliphatic carbocycles. The van der Waals surface area contributed by atoms with Crippen molar-refractivity contribution >= 4 is 21.8 Å². The van der Waals surface area contributed by atoms with Gasteiger partial charge in [-0.05, 0) is 41.8 Å². The van der Waals surface area contributed by atoms with E-state index in [0.717, 1.165) is 5.56 Å². The van der Waals surface area contributed by atoms with Crippen LogP contribution in [0.25, 0.3) is 0 Å². The van der Waals surface area contributed by atoms with Crippen LogP contribution in [0.1, 0.15) is 24.0 Å². The Morgan fingerprint density at radius 2 is 1.49 bits per heavy atom. The van der Waals surface area contributed by atoms with Gasteiger partial charge < -0.3 is 10.2 Å². The second-order valence-corrected chi connectivity index (χ2v) is 10.8. The summed E-state index contributed by atoms with van der Waals surface area (Å²) in [4.78, 5) is 28.1. The Bertz CT molecular complexity index is 1270. The molecule has 196 valence electrons. The van der Waals surface area contributed by atoms with E-state index in [-0.39, 0.29) is 42.6 Å². The predicted octanol–water partition coefficient (Wildman–Crippen LogP) is 3.61. The molecule has 0 spiro atoms. The van der Waals surface area contributed by atoms with E-state index in [4.69, 9.17) is 0 Å². The van der Waals surface area contributed by atoms with Gasteiger partial charge in [-0.2, -0.15) is 0 Å². The molecule has 0 fully saturated rings. The van der Waals surface area contributed by atoms with E-state index in [0.29, 0.717) is 12.0 Å². The molecule has 2 amide bonds. The zero-order chi connectivity index (χ0) is 26.8. The highest BCUT2D eigenvalue weighted by Crippen LogP contribution is 2.18. The number of nitrogens with zero attached hydrogens (tertiary/aromatic N) is 2. The van der Waals surface area contributed by atoms with Crippen LogP contribution in [0.4, 0.5) is 4.39 Å². The van der Waals surface area contributed by atoms with Crippen molar-refractivity contribution in [1.82, 2.24) is 14.5 Å². The fourth-order valence-electron chi connectivity index (χ4n) is 4.00. The van der Waals surface area contributed by atoms with E-state index in [2.05, 4.69) is 5.32 Å². The summed E-state index contributed by atoms with van der Waals surface area (Å²) >= 11 is 0. The lowest BCUT2D eigenvalue weighted by molar-refractivity contribution is -0.141. The van der Waals surface area contributed by atoms with E-state index in [1.807, 2.05) is 30.3 Å². The lowest BCUT2D eigenvalue weighted by Crippen LogP contribution is -2.49. The molecule has 7 nitrogen and oxygen atoms in total. The summed E-state index contributed by atoms with van der Waals surface area (Å²) in [5, 5.41) is 2.65. The van der Waals surface area contributed by atoms with Crippen LogP contribution < -0.4 is 5.32 Å². The number of sulfonamides is 1. The van der Waals surface area contributed by atoms with E-state index < -0.39 is 21.9 Å². The first kappa shape index (κ1) is 28.0. The summed E-state index contributed by atoms with van der Waals surface area (Å²) in [6.45, 7) is 0.249. The van der Waals surface area contributed by atoms with Gasteiger partial charge in [-0.1, -0.05) is 60.7 Å². The molecule has 0 saturated carbocycles. The third-order valence-electron chi connectivity index (χ3n) is 6.10. The number of benzene rings is 3. The second kappa shape index (κ2) is 13.1. The smallest absolute Gasteiger partial charge is 0.242 e. The number of rotatable bonds is 12. The zero-order valence-electron chi connectivity index (χ0n) is 21.0. The maximum atomic E-state index is 13.5. The molecule has 3 rings (SSSR count). The van der Waals surface area contributed by atoms with E-state index in [9.17, 15) is 22.4 Å². The summed E-state index contributed by atoms with van der Waals surface area (Å²) in [6.07, 6.45) is 0.612. The number of amides is 2. The normalized spacial score (nSPS) is 12.2. The van der Waals surface area contributed by atoms with Gasteiger partial charge in [0.05, 0.1) is 4.90 Å². The molecule has 0 aliphatic rings. The molecule has 9 heteroatoms. The summed E-state index contributed by atoms with van der Waals surface area (Å²) in [5.41, 5.74) is 1.57. The average molecular weight is 526 g/mol. The van der Waals surface area contributed by atoms with Gasteiger partial charge in [-0.3, -0.25) is 9.59 Å². The van der Waals surface area contributed by atoms with Gasteiger partial charge in [-0.15, -0.1) is 0 Å². The maximum absolute atomic E-state index is 13.5. The molecule has 0 heterocycles. The number of nitrogens with one attached hydrogen (secondary N) is 1. The molecular weight excluding hydrogens is 493 g/mol. The number of carbonyl (C=O) groups is 2. The van der Waals surface area contributed by atoms with Crippen molar-refractivity contribution in [1.29, 1.82) is 0 Å². The monoisotopic (exact) mass is 525 g/mol. The third-order valence-corrected chi connectivity index (χ3v) is 7.97. The molecule has 3 aromatic carbocycles. The lowest BCUT2D eigenvalue weighted by atomic mass is 10.0. The van der Waals surface area contributed by atoms with Gasteiger partial charge in [0.25, 0.3) is 0 Å². The molecule has 0 aliphatic heterocycles. The Balaban J connectivity index is 1.77. The fraction of sp³-hybridized carbons (Fsp3) is 0.286. The minimum absolute atomic E-state index is 0.0398.